The van der Waals surface area contributed by atoms with Crippen molar-refractivity contribution in [1.29, 1.82) is 0 Å². The zero-order valence-electron chi connectivity index (χ0n) is 15.4. The molecular formula is C20H21FN4O3. The van der Waals surface area contributed by atoms with Crippen LogP contribution in [-0.2, 0) is 9.53 Å². The van der Waals surface area contributed by atoms with Crippen molar-refractivity contribution in [1.82, 2.24) is 20.8 Å². The minimum atomic E-state index is -0.321. The first-order chi connectivity index (χ1) is 13.6. The van der Waals surface area contributed by atoms with Crippen molar-refractivity contribution in [3.63, 3.8) is 0 Å². The molecule has 0 radical (unpaired) electrons. The van der Waals surface area contributed by atoms with Crippen LogP contribution in [0.5, 0.6) is 0 Å². The molecule has 3 rings (SSSR count). The average molecular weight is 384 g/mol. The number of nitrogens with zero attached hydrogens (tertiary/aromatic N) is 1. The van der Waals surface area contributed by atoms with E-state index in [0.29, 0.717) is 30.8 Å². The molecule has 0 atom stereocenters. The Morgan fingerprint density at radius 3 is 2.68 bits per heavy atom. The Balaban J connectivity index is 1.62. The number of fused-ring (bicyclic) bond motifs is 1. The smallest absolute Gasteiger partial charge is 0.253 e. The minimum Gasteiger partial charge on any atom is -0.359 e. The highest BCUT2D eigenvalue weighted by atomic mass is 19.1. The van der Waals surface area contributed by atoms with Crippen LogP contribution in [0, 0.1) is 5.82 Å². The third-order valence-corrected chi connectivity index (χ3v) is 4.17. The Labute approximate surface area is 161 Å². The second kappa shape index (κ2) is 9.09. The summed E-state index contributed by atoms with van der Waals surface area (Å²) in [6.07, 6.45) is 0.424. The summed E-state index contributed by atoms with van der Waals surface area (Å²) in [6.45, 7) is 2.51. The van der Waals surface area contributed by atoms with Gasteiger partial charge in [0.2, 0.25) is 5.91 Å². The lowest BCUT2D eigenvalue weighted by atomic mass is 10.1. The van der Waals surface area contributed by atoms with Crippen molar-refractivity contribution in [2.75, 3.05) is 19.9 Å². The predicted molar refractivity (Wildman–Crippen MR) is 103 cm³/mol. The summed E-state index contributed by atoms with van der Waals surface area (Å²) in [5.41, 5.74) is 2.63. The van der Waals surface area contributed by atoms with Gasteiger partial charge < -0.3 is 15.4 Å². The van der Waals surface area contributed by atoms with Crippen molar-refractivity contribution in [3.8, 4) is 11.3 Å². The number of aromatic amines is 1. The molecule has 0 saturated heterocycles. The molecule has 28 heavy (non-hydrogen) atoms. The van der Waals surface area contributed by atoms with Gasteiger partial charge in [0.25, 0.3) is 5.91 Å². The van der Waals surface area contributed by atoms with Crippen molar-refractivity contribution in [2.24, 2.45) is 0 Å². The van der Waals surface area contributed by atoms with Gasteiger partial charge in [-0.2, -0.15) is 5.10 Å². The fraction of sp³-hybridized carbons (Fsp3) is 0.250. The van der Waals surface area contributed by atoms with E-state index < -0.39 is 0 Å². The SMILES string of the molecule is CCC(=O)NCCOCNC(=O)c1ccc2[nH]nc(-c3ccc(F)cc3)c2c1. The van der Waals surface area contributed by atoms with Gasteiger partial charge in [0.15, 0.2) is 0 Å². The molecule has 146 valence electrons. The number of aromatic nitrogens is 2. The molecule has 0 unspecified atom stereocenters. The van der Waals surface area contributed by atoms with E-state index in [0.717, 1.165) is 16.5 Å². The number of H-pyrrole nitrogens is 1. The summed E-state index contributed by atoms with van der Waals surface area (Å²) < 4.78 is 18.4. The van der Waals surface area contributed by atoms with Gasteiger partial charge in [0.05, 0.1) is 17.8 Å². The third-order valence-electron chi connectivity index (χ3n) is 4.17. The summed E-state index contributed by atoms with van der Waals surface area (Å²) in [4.78, 5) is 23.5. The zero-order valence-corrected chi connectivity index (χ0v) is 15.4. The number of benzene rings is 2. The molecular weight excluding hydrogens is 363 g/mol. The number of amides is 2. The number of hydrogen-bond donors (Lipinski definition) is 3. The number of rotatable bonds is 8. The van der Waals surface area contributed by atoms with Crippen LogP contribution in [0.3, 0.4) is 0 Å². The summed E-state index contributed by atoms with van der Waals surface area (Å²) in [7, 11) is 0. The molecule has 3 N–H and O–H groups in total. The van der Waals surface area contributed by atoms with Gasteiger partial charge >= 0.3 is 0 Å². The van der Waals surface area contributed by atoms with E-state index in [2.05, 4.69) is 20.8 Å². The van der Waals surface area contributed by atoms with Gasteiger partial charge in [-0.1, -0.05) is 6.92 Å². The van der Waals surface area contributed by atoms with Crippen molar-refractivity contribution in [2.45, 2.75) is 13.3 Å². The van der Waals surface area contributed by atoms with Crippen LogP contribution in [0.15, 0.2) is 42.5 Å². The molecule has 2 aromatic carbocycles. The minimum absolute atomic E-state index is 0.0368. The third kappa shape index (κ3) is 4.72. The maximum absolute atomic E-state index is 13.2. The summed E-state index contributed by atoms with van der Waals surface area (Å²) >= 11 is 0. The van der Waals surface area contributed by atoms with Gasteiger partial charge in [-0.15, -0.1) is 0 Å². The Hall–Kier alpha value is -3.26. The number of nitrogens with one attached hydrogen (secondary N) is 3. The molecule has 2 amide bonds. The molecule has 0 aliphatic heterocycles. The molecule has 0 fully saturated rings. The maximum atomic E-state index is 13.2. The van der Waals surface area contributed by atoms with Crippen molar-refractivity contribution in [3.05, 3.63) is 53.8 Å². The molecule has 7 nitrogen and oxygen atoms in total. The van der Waals surface area contributed by atoms with Gasteiger partial charge in [-0.25, -0.2) is 4.39 Å². The number of carbonyl (C=O) groups excluding carboxylic acids is 2. The van der Waals surface area contributed by atoms with Crippen LogP contribution in [-0.4, -0.2) is 41.9 Å². The van der Waals surface area contributed by atoms with E-state index in [1.807, 2.05) is 0 Å². The first-order valence-electron chi connectivity index (χ1n) is 8.95. The normalized spacial score (nSPS) is 10.8. The van der Waals surface area contributed by atoms with Gasteiger partial charge in [-0.05, 0) is 42.5 Å². The topological polar surface area (TPSA) is 96.1 Å². The fourth-order valence-electron chi connectivity index (χ4n) is 2.66. The van der Waals surface area contributed by atoms with Gasteiger partial charge in [0, 0.05) is 29.5 Å². The Bertz CT molecular complexity index is 969. The largest absolute Gasteiger partial charge is 0.359 e. The van der Waals surface area contributed by atoms with Gasteiger partial charge in [0.1, 0.15) is 12.5 Å². The monoisotopic (exact) mass is 384 g/mol. The lowest BCUT2D eigenvalue weighted by Gasteiger charge is -2.08. The number of halogens is 1. The first-order valence-corrected chi connectivity index (χ1v) is 8.95. The molecule has 0 spiro atoms. The zero-order chi connectivity index (χ0) is 19.9. The summed E-state index contributed by atoms with van der Waals surface area (Å²) in [5, 5.41) is 13.3. The fourth-order valence-corrected chi connectivity index (χ4v) is 2.66. The average Bonchev–Trinajstić information content (AvgIpc) is 3.14. The molecule has 3 aromatic rings. The Morgan fingerprint density at radius 1 is 1.14 bits per heavy atom. The molecule has 1 heterocycles. The lowest BCUT2D eigenvalue weighted by molar-refractivity contribution is -0.121. The van der Waals surface area contributed by atoms with Crippen molar-refractivity contribution >= 4 is 22.7 Å². The highest BCUT2D eigenvalue weighted by Crippen LogP contribution is 2.27. The number of hydrogen-bond acceptors (Lipinski definition) is 4. The standard InChI is InChI=1S/C20H21FN4O3/c1-2-18(26)22-9-10-28-12-23-20(27)14-5-8-17-16(11-14)19(25-24-17)13-3-6-15(21)7-4-13/h3-8,11H,2,9-10,12H2,1H3,(H,22,26)(H,23,27)(H,24,25). The van der Waals surface area contributed by atoms with Crippen LogP contribution >= 0.6 is 0 Å². The highest BCUT2D eigenvalue weighted by molar-refractivity contribution is 6.01. The van der Waals surface area contributed by atoms with Crippen LogP contribution in [0.4, 0.5) is 4.39 Å². The molecule has 0 bridgehead atoms. The first kappa shape index (κ1) is 19.5. The van der Waals surface area contributed by atoms with E-state index in [4.69, 9.17) is 4.74 Å². The second-order valence-corrected chi connectivity index (χ2v) is 6.10. The highest BCUT2D eigenvalue weighted by Gasteiger charge is 2.12. The van der Waals surface area contributed by atoms with E-state index in [9.17, 15) is 14.0 Å². The van der Waals surface area contributed by atoms with Crippen LogP contribution in [0.1, 0.15) is 23.7 Å². The van der Waals surface area contributed by atoms with E-state index >= 15 is 0 Å². The molecule has 1 aromatic heterocycles. The lowest BCUT2D eigenvalue weighted by Crippen LogP contribution is -2.30. The van der Waals surface area contributed by atoms with Crippen LogP contribution < -0.4 is 10.6 Å². The summed E-state index contributed by atoms with van der Waals surface area (Å²) in [5.74, 6) is -0.651. The molecule has 0 saturated carbocycles. The van der Waals surface area contributed by atoms with Crippen LogP contribution in [0.25, 0.3) is 22.2 Å². The molecule has 0 aliphatic rings. The number of carbonyl (C=O) groups is 2. The molecule has 8 heteroatoms. The van der Waals surface area contributed by atoms with E-state index in [1.165, 1.54) is 12.1 Å². The summed E-state index contributed by atoms with van der Waals surface area (Å²) in [6, 6.07) is 11.2. The van der Waals surface area contributed by atoms with Crippen molar-refractivity contribution < 1.29 is 18.7 Å². The Kier molecular flexibility index (Phi) is 6.33. The number of ether oxygens (including phenoxy) is 1. The second-order valence-electron chi connectivity index (χ2n) is 6.10. The maximum Gasteiger partial charge on any atom is 0.253 e. The Morgan fingerprint density at radius 2 is 1.93 bits per heavy atom. The van der Waals surface area contributed by atoms with E-state index in [-0.39, 0.29) is 24.4 Å². The quantitative estimate of drug-likeness (QED) is 0.411. The van der Waals surface area contributed by atoms with Crippen LogP contribution in [0.2, 0.25) is 0 Å². The van der Waals surface area contributed by atoms with Gasteiger partial charge in [-0.3, -0.25) is 14.7 Å². The predicted octanol–water partition coefficient (Wildman–Crippen LogP) is 2.60. The molecule has 0 aliphatic carbocycles. The van der Waals surface area contributed by atoms with E-state index in [1.54, 1.807) is 37.3 Å².